The van der Waals surface area contributed by atoms with Crippen molar-refractivity contribution in [3.8, 4) is 17.9 Å². The van der Waals surface area contributed by atoms with Crippen molar-refractivity contribution < 1.29 is 9.90 Å². The van der Waals surface area contributed by atoms with Crippen LogP contribution < -0.4 is 5.73 Å². The average molecular weight is 476 g/mol. The Morgan fingerprint density at radius 1 is 1.20 bits per heavy atom. The molecule has 2 rings (SSSR count). The lowest BCUT2D eigenvalue weighted by molar-refractivity contribution is -0.113. The monoisotopic (exact) mass is 475 g/mol. The summed E-state index contributed by atoms with van der Waals surface area (Å²) in [7, 11) is 0. The molecule has 0 amide bonds. The van der Waals surface area contributed by atoms with Crippen LogP contribution in [0.2, 0.25) is 0 Å². The van der Waals surface area contributed by atoms with Crippen molar-refractivity contribution in [2.45, 2.75) is 91.7 Å². The molecule has 1 aromatic rings. The highest BCUT2D eigenvalue weighted by molar-refractivity contribution is 6.07. The highest BCUT2D eigenvalue weighted by atomic mass is 16.3. The SMILES string of the molecule is CCC(C)CC(CC1CCC(N)CCC1C)=NC(=C(C#CC(C)O)C(C)=O)c1ccc(C#N)cc1. The minimum atomic E-state index is -0.855. The Hall–Kier alpha value is -2.73. The second-order valence-corrected chi connectivity index (χ2v) is 10.2. The van der Waals surface area contributed by atoms with Crippen molar-refractivity contribution in [2.75, 3.05) is 0 Å². The number of aliphatic imine (C=N–C) groups is 1. The number of allylic oxidation sites excluding steroid dienone is 1. The zero-order valence-electron chi connectivity index (χ0n) is 22.0. The third kappa shape index (κ3) is 9.10. The number of nitrogens with two attached hydrogens (primary N) is 1. The number of aliphatic hydroxyl groups excluding tert-OH is 1. The number of carbonyl (C=O) groups excluding carboxylic acids is 1. The first-order chi connectivity index (χ1) is 16.6. The van der Waals surface area contributed by atoms with Crippen LogP contribution in [0.25, 0.3) is 5.70 Å². The molecule has 1 saturated carbocycles. The van der Waals surface area contributed by atoms with Crippen LogP contribution in [-0.4, -0.2) is 28.7 Å². The van der Waals surface area contributed by atoms with Gasteiger partial charge in [-0.05, 0) is 82.3 Å². The molecule has 188 valence electrons. The second-order valence-electron chi connectivity index (χ2n) is 10.2. The van der Waals surface area contributed by atoms with Crippen LogP contribution in [0.3, 0.4) is 0 Å². The molecular formula is C30H41N3O2. The summed E-state index contributed by atoms with van der Waals surface area (Å²) in [6, 6.07) is 9.50. The summed E-state index contributed by atoms with van der Waals surface area (Å²) in [5.74, 6) is 6.93. The molecule has 3 N–H and O–H groups in total. The molecule has 5 heteroatoms. The van der Waals surface area contributed by atoms with Crippen LogP contribution in [0.15, 0.2) is 34.8 Å². The van der Waals surface area contributed by atoms with Gasteiger partial charge in [0.1, 0.15) is 6.10 Å². The van der Waals surface area contributed by atoms with Gasteiger partial charge in [0.15, 0.2) is 5.78 Å². The molecule has 5 unspecified atom stereocenters. The van der Waals surface area contributed by atoms with Crippen LogP contribution in [-0.2, 0) is 4.79 Å². The predicted octanol–water partition coefficient (Wildman–Crippen LogP) is 5.66. The third-order valence-corrected chi connectivity index (χ3v) is 7.04. The van der Waals surface area contributed by atoms with E-state index in [0.717, 1.165) is 56.2 Å². The molecule has 0 aromatic heterocycles. The molecule has 1 aliphatic carbocycles. The molecule has 35 heavy (non-hydrogen) atoms. The Kier molecular flexibility index (Phi) is 11.4. The second kappa shape index (κ2) is 14.0. The van der Waals surface area contributed by atoms with Gasteiger partial charge in [-0.3, -0.25) is 9.79 Å². The van der Waals surface area contributed by atoms with Crippen molar-refractivity contribution in [3.63, 3.8) is 0 Å². The highest BCUT2D eigenvalue weighted by Crippen LogP contribution is 2.33. The summed E-state index contributed by atoms with van der Waals surface area (Å²) in [6.45, 7) is 9.78. The van der Waals surface area contributed by atoms with Gasteiger partial charge in [-0.25, -0.2) is 0 Å². The van der Waals surface area contributed by atoms with E-state index in [1.807, 2.05) is 12.1 Å². The molecule has 0 bridgehead atoms. The zero-order chi connectivity index (χ0) is 26.0. The number of carbonyl (C=O) groups is 1. The summed E-state index contributed by atoms with van der Waals surface area (Å²) in [5, 5.41) is 19.0. The van der Waals surface area contributed by atoms with Gasteiger partial charge >= 0.3 is 0 Å². The predicted molar refractivity (Wildman–Crippen MR) is 143 cm³/mol. The van der Waals surface area contributed by atoms with E-state index in [0.29, 0.717) is 29.0 Å². The maximum atomic E-state index is 12.7. The van der Waals surface area contributed by atoms with Crippen molar-refractivity contribution in [2.24, 2.45) is 28.5 Å². The first-order valence-electron chi connectivity index (χ1n) is 12.9. The third-order valence-electron chi connectivity index (χ3n) is 7.04. The zero-order valence-corrected chi connectivity index (χ0v) is 22.0. The molecule has 1 aliphatic rings. The lowest BCUT2D eigenvalue weighted by Crippen LogP contribution is -2.18. The van der Waals surface area contributed by atoms with E-state index < -0.39 is 6.10 Å². The van der Waals surface area contributed by atoms with Crippen LogP contribution in [0, 0.1) is 40.9 Å². The number of hydrogen-bond acceptors (Lipinski definition) is 5. The first-order valence-corrected chi connectivity index (χ1v) is 12.9. The number of benzene rings is 1. The number of nitriles is 1. The molecule has 5 atom stereocenters. The van der Waals surface area contributed by atoms with Crippen LogP contribution >= 0.6 is 0 Å². The molecule has 1 aromatic carbocycles. The normalized spacial score (nSPS) is 23.1. The number of nitrogens with zero attached hydrogens (tertiary/aromatic N) is 2. The fourth-order valence-electron chi connectivity index (χ4n) is 4.51. The van der Waals surface area contributed by atoms with Gasteiger partial charge < -0.3 is 10.8 Å². The Bertz CT molecular complexity index is 1020. The van der Waals surface area contributed by atoms with Gasteiger partial charge in [0.25, 0.3) is 0 Å². The van der Waals surface area contributed by atoms with Gasteiger partial charge in [-0.1, -0.05) is 51.2 Å². The van der Waals surface area contributed by atoms with E-state index in [2.05, 4.69) is 38.7 Å². The van der Waals surface area contributed by atoms with E-state index in [-0.39, 0.29) is 17.4 Å². The lowest BCUT2D eigenvalue weighted by Gasteiger charge is -2.24. The minimum Gasteiger partial charge on any atom is -0.381 e. The smallest absolute Gasteiger partial charge is 0.170 e. The van der Waals surface area contributed by atoms with Gasteiger partial charge in [0.2, 0.25) is 0 Å². The Balaban J connectivity index is 2.64. The van der Waals surface area contributed by atoms with Crippen LogP contribution in [0.1, 0.15) is 90.7 Å². The van der Waals surface area contributed by atoms with Crippen molar-refractivity contribution in [3.05, 3.63) is 41.0 Å². The highest BCUT2D eigenvalue weighted by Gasteiger charge is 2.25. The van der Waals surface area contributed by atoms with Crippen molar-refractivity contribution in [1.29, 1.82) is 5.26 Å². The van der Waals surface area contributed by atoms with E-state index in [9.17, 15) is 15.2 Å². The van der Waals surface area contributed by atoms with E-state index in [1.165, 1.54) is 6.92 Å². The number of rotatable bonds is 8. The molecule has 0 radical (unpaired) electrons. The topological polar surface area (TPSA) is 99.5 Å². The van der Waals surface area contributed by atoms with Gasteiger partial charge in [0.05, 0.1) is 22.9 Å². The standard InChI is InChI=1S/C30H41N3O2/c1-6-20(2)17-28(18-26-13-15-27(32)14-7-21(26)3)33-30(25-11-9-24(19-31)10-12-25)29(23(5)35)16-8-22(4)34/h9-12,20-22,26-27,34H,6-7,13-15,17-18,32H2,1-5H3. The van der Waals surface area contributed by atoms with Gasteiger partial charge in [0, 0.05) is 17.3 Å². The quantitative estimate of drug-likeness (QED) is 0.219. The Morgan fingerprint density at radius 3 is 2.43 bits per heavy atom. The summed E-state index contributed by atoms with van der Waals surface area (Å²) in [6.07, 6.45) is 6.21. The average Bonchev–Trinajstić information content (AvgIpc) is 2.98. The Labute approximate surface area is 211 Å². The van der Waals surface area contributed by atoms with Crippen molar-refractivity contribution in [1.82, 2.24) is 0 Å². The fourth-order valence-corrected chi connectivity index (χ4v) is 4.51. The van der Waals surface area contributed by atoms with Gasteiger partial charge in [-0.15, -0.1) is 0 Å². The molecule has 0 saturated heterocycles. The maximum absolute atomic E-state index is 12.7. The summed E-state index contributed by atoms with van der Waals surface area (Å²) in [4.78, 5) is 17.8. The number of ketones is 1. The summed E-state index contributed by atoms with van der Waals surface area (Å²) in [5.41, 5.74) is 9.43. The molecule has 5 nitrogen and oxygen atoms in total. The summed E-state index contributed by atoms with van der Waals surface area (Å²) >= 11 is 0. The molecule has 1 fully saturated rings. The molecular weight excluding hydrogens is 434 g/mol. The molecule has 0 heterocycles. The molecule has 0 aliphatic heterocycles. The largest absolute Gasteiger partial charge is 0.381 e. The van der Waals surface area contributed by atoms with Crippen LogP contribution in [0.4, 0.5) is 0 Å². The maximum Gasteiger partial charge on any atom is 0.170 e. The minimum absolute atomic E-state index is 0.196. The van der Waals surface area contributed by atoms with E-state index in [1.54, 1.807) is 19.1 Å². The number of aliphatic hydroxyl groups is 1. The Morgan fingerprint density at radius 2 is 1.86 bits per heavy atom. The summed E-state index contributed by atoms with van der Waals surface area (Å²) < 4.78 is 0. The van der Waals surface area contributed by atoms with E-state index >= 15 is 0 Å². The lowest BCUT2D eigenvalue weighted by atomic mass is 9.83. The number of hydrogen-bond donors (Lipinski definition) is 2. The van der Waals surface area contributed by atoms with Crippen molar-refractivity contribution >= 4 is 17.2 Å². The van der Waals surface area contributed by atoms with Crippen LogP contribution in [0.5, 0.6) is 0 Å². The first kappa shape index (κ1) is 28.5. The molecule has 0 spiro atoms. The number of Topliss-reactive ketones (excluding diaryl/α,β-unsaturated/α-hetero) is 1. The van der Waals surface area contributed by atoms with Gasteiger partial charge in [-0.2, -0.15) is 5.26 Å². The van der Waals surface area contributed by atoms with E-state index in [4.69, 9.17) is 10.7 Å². The fraction of sp³-hybridized carbons (Fsp3) is 0.567.